The lowest BCUT2D eigenvalue weighted by molar-refractivity contribution is 0.0168. The SMILES string of the molecule is CN(C[C@@H]1CCCO1)C(=O)OC(C)(C)C. The van der Waals surface area contributed by atoms with E-state index in [-0.39, 0.29) is 12.2 Å². The van der Waals surface area contributed by atoms with Crippen LogP contribution in [0.3, 0.4) is 0 Å². The molecule has 0 aromatic heterocycles. The third-order valence-electron chi connectivity index (χ3n) is 2.21. The molecule has 15 heavy (non-hydrogen) atoms. The van der Waals surface area contributed by atoms with Crippen molar-refractivity contribution in [2.75, 3.05) is 20.2 Å². The summed E-state index contributed by atoms with van der Waals surface area (Å²) < 4.78 is 10.7. The third-order valence-corrected chi connectivity index (χ3v) is 2.21. The van der Waals surface area contributed by atoms with Gasteiger partial charge in [-0.2, -0.15) is 0 Å². The van der Waals surface area contributed by atoms with Crippen molar-refractivity contribution in [1.29, 1.82) is 0 Å². The van der Waals surface area contributed by atoms with E-state index in [4.69, 9.17) is 9.47 Å². The Morgan fingerprint density at radius 3 is 2.67 bits per heavy atom. The van der Waals surface area contributed by atoms with Crippen LogP contribution >= 0.6 is 0 Å². The highest BCUT2D eigenvalue weighted by Crippen LogP contribution is 2.14. The van der Waals surface area contributed by atoms with E-state index in [1.165, 1.54) is 0 Å². The fourth-order valence-electron chi connectivity index (χ4n) is 1.51. The molecule has 1 heterocycles. The Bertz CT molecular complexity index is 216. The molecule has 1 fully saturated rings. The Kier molecular flexibility index (Phi) is 3.97. The predicted octanol–water partition coefficient (Wildman–Crippen LogP) is 2.03. The number of likely N-dealkylation sites (N-methyl/N-ethyl adjacent to an activating group) is 1. The Balaban J connectivity index is 2.32. The monoisotopic (exact) mass is 215 g/mol. The van der Waals surface area contributed by atoms with Crippen molar-refractivity contribution in [1.82, 2.24) is 4.90 Å². The van der Waals surface area contributed by atoms with Crippen LogP contribution in [0.25, 0.3) is 0 Å². The van der Waals surface area contributed by atoms with E-state index in [1.54, 1.807) is 11.9 Å². The van der Waals surface area contributed by atoms with Gasteiger partial charge in [-0.1, -0.05) is 0 Å². The van der Waals surface area contributed by atoms with E-state index in [2.05, 4.69) is 0 Å². The van der Waals surface area contributed by atoms with Crippen molar-refractivity contribution in [2.24, 2.45) is 0 Å². The number of carbonyl (C=O) groups is 1. The summed E-state index contributed by atoms with van der Waals surface area (Å²) >= 11 is 0. The average molecular weight is 215 g/mol. The molecule has 1 atom stereocenters. The van der Waals surface area contributed by atoms with E-state index in [0.29, 0.717) is 6.54 Å². The van der Waals surface area contributed by atoms with Crippen LogP contribution in [-0.4, -0.2) is 42.9 Å². The normalized spacial score (nSPS) is 21.5. The molecule has 88 valence electrons. The molecule has 0 spiro atoms. The van der Waals surface area contributed by atoms with Gasteiger partial charge >= 0.3 is 6.09 Å². The summed E-state index contributed by atoms with van der Waals surface area (Å²) in [5.41, 5.74) is -0.429. The molecule has 4 nitrogen and oxygen atoms in total. The number of amides is 1. The van der Waals surface area contributed by atoms with Crippen molar-refractivity contribution in [2.45, 2.75) is 45.3 Å². The zero-order chi connectivity index (χ0) is 11.5. The van der Waals surface area contributed by atoms with Crippen LogP contribution in [0, 0.1) is 0 Å². The van der Waals surface area contributed by atoms with Gasteiger partial charge < -0.3 is 14.4 Å². The van der Waals surface area contributed by atoms with Gasteiger partial charge in [-0.3, -0.25) is 0 Å². The summed E-state index contributed by atoms with van der Waals surface area (Å²) in [7, 11) is 1.75. The largest absolute Gasteiger partial charge is 0.444 e. The van der Waals surface area contributed by atoms with Gasteiger partial charge in [-0.15, -0.1) is 0 Å². The molecule has 0 N–H and O–H groups in total. The number of carbonyl (C=O) groups excluding carboxylic acids is 1. The topological polar surface area (TPSA) is 38.8 Å². The van der Waals surface area contributed by atoms with Crippen LogP contribution in [0.15, 0.2) is 0 Å². The Morgan fingerprint density at radius 2 is 2.20 bits per heavy atom. The van der Waals surface area contributed by atoms with Gasteiger partial charge in [-0.05, 0) is 33.6 Å². The number of nitrogens with zero attached hydrogens (tertiary/aromatic N) is 1. The second-order valence-corrected chi connectivity index (χ2v) is 5.00. The van der Waals surface area contributed by atoms with Gasteiger partial charge in [-0.25, -0.2) is 4.79 Å². The first-order valence-corrected chi connectivity index (χ1v) is 5.44. The molecule has 0 radical (unpaired) electrons. The van der Waals surface area contributed by atoms with Gasteiger partial charge in [0.05, 0.1) is 6.10 Å². The van der Waals surface area contributed by atoms with Crippen molar-refractivity contribution in [3.8, 4) is 0 Å². The highest BCUT2D eigenvalue weighted by Gasteiger charge is 2.23. The minimum absolute atomic E-state index is 0.183. The van der Waals surface area contributed by atoms with E-state index < -0.39 is 5.60 Å². The lowest BCUT2D eigenvalue weighted by atomic mass is 10.2. The molecule has 1 rings (SSSR count). The standard InChI is InChI=1S/C11H21NO3/c1-11(2,3)15-10(13)12(4)8-9-6-5-7-14-9/h9H,5-8H2,1-4H3/t9-/m0/s1. The van der Waals surface area contributed by atoms with E-state index in [9.17, 15) is 4.79 Å². The maximum atomic E-state index is 11.6. The smallest absolute Gasteiger partial charge is 0.410 e. The summed E-state index contributed by atoms with van der Waals surface area (Å²) in [5, 5.41) is 0. The Labute approximate surface area is 91.5 Å². The summed E-state index contributed by atoms with van der Waals surface area (Å²) in [6.45, 7) is 7.03. The molecule has 0 aromatic rings. The molecule has 1 saturated heterocycles. The zero-order valence-corrected chi connectivity index (χ0v) is 10.1. The van der Waals surface area contributed by atoms with Gasteiger partial charge in [0.1, 0.15) is 5.60 Å². The van der Waals surface area contributed by atoms with Crippen LogP contribution in [-0.2, 0) is 9.47 Å². The molecule has 1 aliphatic rings. The number of ether oxygens (including phenoxy) is 2. The lowest BCUT2D eigenvalue weighted by Gasteiger charge is -2.26. The molecule has 0 saturated carbocycles. The number of rotatable bonds is 2. The Morgan fingerprint density at radius 1 is 1.53 bits per heavy atom. The van der Waals surface area contributed by atoms with Crippen LogP contribution < -0.4 is 0 Å². The second kappa shape index (κ2) is 4.84. The fraction of sp³-hybridized carbons (Fsp3) is 0.909. The lowest BCUT2D eigenvalue weighted by Crippen LogP contribution is -2.38. The molecular weight excluding hydrogens is 194 g/mol. The molecule has 0 aromatic carbocycles. The van der Waals surface area contributed by atoms with Gasteiger partial charge in [0.2, 0.25) is 0 Å². The molecule has 1 aliphatic heterocycles. The van der Waals surface area contributed by atoms with Crippen molar-refractivity contribution >= 4 is 6.09 Å². The van der Waals surface area contributed by atoms with Gasteiger partial charge in [0, 0.05) is 20.2 Å². The second-order valence-electron chi connectivity index (χ2n) is 5.00. The molecular formula is C11H21NO3. The van der Waals surface area contributed by atoms with Gasteiger partial charge in [0.25, 0.3) is 0 Å². The molecule has 4 heteroatoms. The van der Waals surface area contributed by atoms with Crippen molar-refractivity contribution in [3.05, 3.63) is 0 Å². The first-order valence-electron chi connectivity index (χ1n) is 5.44. The first kappa shape index (κ1) is 12.3. The highest BCUT2D eigenvalue weighted by molar-refractivity contribution is 5.67. The minimum atomic E-state index is -0.429. The average Bonchev–Trinajstić information content (AvgIpc) is 2.53. The van der Waals surface area contributed by atoms with Crippen molar-refractivity contribution in [3.63, 3.8) is 0 Å². The fourth-order valence-corrected chi connectivity index (χ4v) is 1.51. The number of hydrogen-bond donors (Lipinski definition) is 0. The predicted molar refractivity (Wildman–Crippen MR) is 57.8 cm³/mol. The summed E-state index contributed by atoms with van der Waals surface area (Å²) in [6.07, 6.45) is 2.03. The first-order chi connectivity index (χ1) is 6.88. The van der Waals surface area contributed by atoms with E-state index in [0.717, 1.165) is 19.4 Å². The maximum absolute atomic E-state index is 11.6. The summed E-state index contributed by atoms with van der Waals surface area (Å²) in [5.74, 6) is 0. The third kappa shape index (κ3) is 4.51. The van der Waals surface area contributed by atoms with Crippen LogP contribution in [0.5, 0.6) is 0 Å². The van der Waals surface area contributed by atoms with Crippen LogP contribution in [0.2, 0.25) is 0 Å². The van der Waals surface area contributed by atoms with E-state index >= 15 is 0 Å². The van der Waals surface area contributed by atoms with Crippen molar-refractivity contribution < 1.29 is 14.3 Å². The van der Waals surface area contributed by atoms with Crippen LogP contribution in [0.4, 0.5) is 4.79 Å². The molecule has 0 aliphatic carbocycles. The quantitative estimate of drug-likeness (QED) is 0.707. The molecule has 0 unspecified atom stereocenters. The maximum Gasteiger partial charge on any atom is 0.410 e. The van der Waals surface area contributed by atoms with E-state index in [1.807, 2.05) is 20.8 Å². The summed E-state index contributed by atoms with van der Waals surface area (Å²) in [4.78, 5) is 13.2. The van der Waals surface area contributed by atoms with Gasteiger partial charge in [0.15, 0.2) is 0 Å². The zero-order valence-electron chi connectivity index (χ0n) is 10.1. The molecule has 0 bridgehead atoms. The summed E-state index contributed by atoms with van der Waals surface area (Å²) in [6, 6.07) is 0. The number of hydrogen-bond acceptors (Lipinski definition) is 3. The minimum Gasteiger partial charge on any atom is -0.444 e. The Hall–Kier alpha value is -0.770. The highest BCUT2D eigenvalue weighted by atomic mass is 16.6. The molecule has 1 amide bonds. The van der Waals surface area contributed by atoms with Crippen LogP contribution in [0.1, 0.15) is 33.6 Å².